The van der Waals surface area contributed by atoms with Crippen molar-refractivity contribution in [1.82, 2.24) is 5.32 Å². The van der Waals surface area contributed by atoms with Gasteiger partial charge in [-0.15, -0.1) is 0 Å². The summed E-state index contributed by atoms with van der Waals surface area (Å²) in [7, 11) is 1.61. The van der Waals surface area contributed by atoms with Crippen molar-refractivity contribution >= 4 is 0 Å². The highest BCUT2D eigenvalue weighted by molar-refractivity contribution is 5.26. The molecule has 0 aliphatic rings. The van der Waals surface area contributed by atoms with Gasteiger partial charge in [0.2, 0.25) is 0 Å². The minimum Gasteiger partial charge on any atom is -0.383 e. The summed E-state index contributed by atoms with van der Waals surface area (Å²) in [5.41, 5.74) is -0.649. The molecule has 6 heteroatoms. The van der Waals surface area contributed by atoms with Gasteiger partial charge in [-0.2, -0.15) is 13.2 Å². The van der Waals surface area contributed by atoms with E-state index in [0.717, 1.165) is 12.1 Å². The van der Waals surface area contributed by atoms with Crippen LogP contribution in [0.25, 0.3) is 0 Å². The van der Waals surface area contributed by atoms with Gasteiger partial charge in [0, 0.05) is 13.7 Å². The summed E-state index contributed by atoms with van der Waals surface area (Å²) in [6.45, 7) is 3.96. The predicted octanol–water partition coefficient (Wildman–Crippen LogP) is 3.26. The molecule has 1 atom stereocenters. The highest BCUT2D eigenvalue weighted by atomic mass is 19.4. The van der Waals surface area contributed by atoms with Gasteiger partial charge in [0.05, 0.1) is 12.2 Å². The van der Waals surface area contributed by atoms with Crippen molar-refractivity contribution in [3.05, 3.63) is 35.1 Å². The molecule has 0 spiro atoms. The van der Waals surface area contributed by atoms with E-state index >= 15 is 0 Å². The second-order valence-corrected chi connectivity index (χ2v) is 4.82. The molecule has 0 saturated carbocycles. The second kappa shape index (κ2) is 7.59. The Labute approximate surface area is 116 Å². The Bertz CT molecular complexity index is 420. The molecule has 0 amide bonds. The Morgan fingerprint density at radius 3 is 2.55 bits per heavy atom. The van der Waals surface area contributed by atoms with Crippen LogP contribution in [0.2, 0.25) is 0 Å². The van der Waals surface area contributed by atoms with E-state index < -0.39 is 17.6 Å². The lowest BCUT2D eigenvalue weighted by atomic mass is 9.99. The third-order valence-electron chi connectivity index (χ3n) is 2.90. The quantitative estimate of drug-likeness (QED) is 0.615. The van der Waals surface area contributed by atoms with Crippen molar-refractivity contribution < 1.29 is 22.3 Å². The number of alkyl halides is 3. The molecule has 1 aromatic carbocycles. The Morgan fingerprint density at radius 2 is 2.00 bits per heavy atom. The Hall–Kier alpha value is -1.14. The SMILES string of the molecule is COCCNCC(C)Cc1ccc(C(F)(F)F)c(F)c1. The largest absolute Gasteiger partial charge is 0.419 e. The van der Waals surface area contributed by atoms with Gasteiger partial charge < -0.3 is 10.1 Å². The molecule has 0 fully saturated rings. The first-order chi connectivity index (χ1) is 9.34. The fourth-order valence-corrected chi connectivity index (χ4v) is 1.91. The number of hydrogen-bond acceptors (Lipinski definition) is 2. The topological polar surface area (TPSA) is 21.3 Å². The lowest BCUT2D eigenvalue weighted by Gasteiger charge is -2.14. The van der Waals surface area contributed by atoms with Gasteiger partial charge in [-0.05, 0) is 36.6 Å². The molecule has 2 nitrogen and oxygen atoms in total. The monoisotopic (exact) mass is 293 g/mol. The van der Waals surface area contributed by atoms with E-state index in [4.69, 9.17) is 4.74 Å². The Balaban J connectivity index is 2.54. The van der Waals surface area contributed by atoms with E-state index in [2.05, 4.69) is 5.32 Å². The number of rotatable bonds is 7. The molecule has 114 valence electrons. The normalized spacial score (nSPS) is 13.5. The van der Waals surface area contributed by atoms with Crippen molar-refractivity contribution in [2.45, 2.75) is 19.5 Å². The molecule has 0 aliphatic carbocycles. The maximum absolute atomic E-state index is 13.4. The fraction of sp³-hybridized carbons (Fsp3) is 0.571. The average Bonchev–Trinajstić information content (AvgIpc) is 2.33. The number of halogens is 4. The Morgan fingerprint density at radius 1 is 1.30 bits per heavy atom. The van der Waals surface area contributed by atoms with E-state index in [9.17, 15) is 17.6 Å². The van der Waals surface area contributed by atoms with E-state index in [1.165, 1.54) is 6.07 Å². The summed E-state index contributed by atoms with van der Waals surface area (Å²) in [6.07, 6.45) is -4.12. The molecular weight excluding hydrogens is 274 g/mol. The summed E-state index contributed by atoms with van der Waals surface area (Å²) >= 11 is 0. The molecule has 1 N–H and O–H groups in total. The van der Waals surface area contributed by atoms with Gasteiger partial charge in [-0.25, -0.2) is 4.39 Å². The minimum atomic E-state index is -4.64. The number of hydrogen-bond donors (Lipinski definition) is 1. The van der Waals surface area contributed by atoms with E-state index in [1.54, 1.807) is 7.11 Å². The standard InChI is InChI=1S/C14H19F4NO/c1-10(9-19-5-6-20-2)7-11-3-4-12(13(15)8-11)14(16,17)18/h3-4,8,10,19H,5-7,9H2,1-2H3. The van der Waals surface area contributed by atoms with E-state index in [1.807, 2.05) is 6.92 Å². The maximum Gasteiger partial charge on any atom is 0.419 e. The van der Waals surface area contributed by atoms with Crippen LogP contribution in [0.3, 0.4) is 0 Å². The summed E-state index contributed by atoms with van der Waals surface area (Å²) in [5, 5.41) is 3.16. The molecule has 20 heavy (non-hydrogen) atoms. The van der Waals surface area contributed by atoms with Crippen LogP contribution in [0, 0.1) is 11.7 Å². The highest BCUT2D eigenvalue weighted by Gasteiger charge is 2.33. The zero-order valence-corrected chi connectivity index (χ0v) is 11.6. The van der Waals surface area contributed by atoms with Gasteiger partial charge >= 0.3 is 6.18 Å². The zero-order valence-electron chi connectivity index (χ0n) is 11.6. The van der Waals surface area contributed by atoms with Gasteiger partial charge in [0.25, 0.3) is 0 Å². The van der Waals surface area contributed by atoms with Gasteiger partial charge in [-0.3, -0.25) is 0 Å². The first-order valence-electron chi connectivity index (χ1n) is 6.40. The van der Waals surface area contributed by atoms with Crippen molar-refractivity contribution in [1.29, 1.82) is 0 Å². The summed E-state index contributed by atoms with van der Waals surface area (Å²) in [6, 6.07) is 3.10. The lowest BCUT2D eigenvalue weighted by molar-refractivity contribution is -0.140. The molecule has 0 bridgehead atoms. The van der Waals surface area contributed by atoms with Crippen LogP contribution in [0.15, 0.2) is 18.2 Å². The molecule has 0 radical (unpaired) electrons. The van der Waals surface area contributed by atoms with Crippen molar-refractivity contribution in [3.63, 3.8) is 0 Å². The average molecular weight is 293 g/mol. The third-order valence-corrected chi connectivity index (χ3v) is 2.90. The van der Waals surface area contributed by atoms with E-state index in [0.29, 0.717) is 31.7 Å². The third kappa shape index (κ3) is 5.46. The van der Waals surface area contributed by atoms with Gasteiger partial charge in [0.1, 0.15) is 5.82 Å². The molecular formula is C14H19F4NO. The molecule has 0 heterocycles. The summed E-state index contributed by atoms with van der Waals surface area (Å²) < 4.78 is 55.5. The molecule has 1 aromatic rings. The second-order valence-electron chi connectivity index (χ2n) is 4.82. The number of benzene rings is 1. The maximum atomic E-state index is 13.4. The van der Waals surface area contributed by atoms with Crippen molar-refractivity contribution in [2.24, 2.45) is 5.92 Å². The minimum absolute atomic E-state index is 0.197. The van der Waals surface area contributed by atoms with E-state index in [-0.39, 0.29) is 5.92 Å². The molecule has 0 saturated heterocycles. The number of ether oxygens (including phenoxy) is 1. The molecule has 0 aromatic heterocycles. The number of nitrogens with one attached hydrogen (secondary N) is 1. The highest BCUT2D eigenvalue weighted by Crippen LogP contribution is 2.31. The van der Waals surface area contributed by atoms with Crippen molar-refractivity contribution in [2.75, 3.05) is 26.8 Å². The van der Waals surface area contributed by atoms with Gasteiger partial charge in [0.15, 0.2) is 0 Å². The first-order valence-corrected chi connectivity index (χ1v) is 6.40. The first kappa shape index (κ1) is 16.9. The smallest absolute Gasteiger partial charge is 0.383 e. The fourth-order valence-electron chi connectivity index (χ4n) is 1.91. The number of methoxy groups -OCH3 is 1. The van der Waals surface area contributed by atoms with Crippen molar-refractivity contribution in [3.8, 4) is 0 Å². The summed E-state index contributed by atoms with van der Waals surface area (Å²) in [5.74, 6) is -1.02. The Kier molecular flexibility index (Phi) is 6.42. The van der Waals surface area contributed by atoms with Crippen LogP contribution in [0.4, 0.5) is 17.6 Å². The molecule has 0 aliphatic heterocycles. The van der Waals surface area contributed by atoms with Crippen LogP contribution in [-0.2, 0) is 17.3 Å². The predicted molar refractivity (Wildman–Crippen MR) is 69.0 cm³/mol. The summed E-state index contributed by atoms with van der Waals surface area (Å²) in [4.78, 5) is 0. The van der Waals surface area contributed by atoms with Crippen LogP contribution in [0.5, 0.6) is 0 Å². The van der Waals surface area contributed by atoms with Crippen LogP contribution >= 0.6 is 0 Å². The lowest BCUT2D eigenvalue weighted by Crippen LogP contribution is -2.25. The van der Waals surface area contributed by atoms with Gasteiger partial charge in [-0.1, -0.05) is 13.0 Å². The molecule has 1 rings (SSSR count). The van der Waals surface area contributed by atoms with Crippen LogP contribution in [0.1, 0.15) is 18.1 Å². The van der Waals surface area contributed by atoms with Crippen LogP contribution < -0.4 is 5.32 Å². The van der Waals surface area contributed by atoms with Crippen LogP contribution in [-0.4, -0.2) is 26.8 Å². The molecule has 1 unspecified atom stereocenters. The zero-order chi connectivity index (χ0) is 15.2.